The number of halogens is 2. The Morgan fingerprint density at radius 2 is 2.17 bits per heavy atom. The SMILES string of the molecule is CCOC(=O)CC(c1ccc(Br)cc1Cl)N(C)C. The van der Waals surface area contributed by atoms with Crippen molar-refractivity contribution in [3.05, 3.63) is 33.3 Å². The van der Waals surface area contributed by atoms with E-state index in [0.717, 1.165) is 10.0 Å². The summed E-state index contributed by atoms with van der Waals surface area (Å²) in [6.45, 7) is 2.20. The maximum Gasteiger partial charge on any atom is 0.307 e. The Morgan fingerprint density at radius 1 is 1.50 bits per heavy atom. The summed E-state index contributed by atoms with van der Waals surface area (Å²) >= 11 is 9.59. The molecule has 1 rings (SSSR count). The Kier molecular flexibility index (Phi) is 6.12. The summed E-state index contributed by atoms with van der Waals surface area (Å²) in [5.74, 6) is -0.213. The van der Waals surface area contributed by atoms with E-state index >= 15 is 0 Å². The summed E-state index contributed by atoms with van der Waals surface area (Å²) in [4.78, 5) is 13.6. The van der Waals surface area contributed by atoms with E-state index in [-0.39, 0.29) is 12.0 Å². The Morgan fingerprint density at radius 3 is 2.67 bits per heavy atom. The lowest BCUT2D eigenvalue weighted by Crippen LogP contribution is -2.24. The highest BCUT2D eigenvalue weighted by atomic mass is 79.9. The fourth-order valence-electron chi connectivity index (χ4n) is 1.72. The third kappa shape index (κ3) is 4.26. The van der Waals surface area contributed by atoms with Crippen molar-refractivity contribution in [2.24, 2.45) is 0 Å². The minimum Gasteiger partial charge on any atom is -0.466 e. The van der Waals surface area contributed by atoms with Crippen molar-refractivity contribution in [2.75, 3.05) is 20.7 Å². The average Bonchev–Trinajstić information content (AvgIpc) is 2.27. The zero-order valence-electron chi connectivity index (χ0n) is 10.7. The lowest BCUT2D eigenvalue weighted by Gasteiger charge is -2.24. The van der Waals surface area contributed by atoms with Crippen LogP contribution in [0.5, 0.6) is 0 Å². The van der Waals surface area contributed by atoms with Crippen LogP contribution in [0.1, 0.15) is 24.9 Å². The lowest BCUT2D eigenvalue weighted by molar-refractivity contribution is -0.144. The maximum absolute atomic E-state index is 11.6. The molecule has 0 saturated heterocycles. The van der Waals surface area contributed by atoms with Crippen LogP contribution in [0.3, 0.4) is 0 Å². The predicted molar refractivity (Wildman–Crippen MR) is 76.8 cm³/mol. The maximum atomic E-state index is 11.6. The van der Waals surface area contributed by atoms with E-state index in [9.17, 15) is 4.79 Å². The molecule has 0 spiro atoms. The zero-order valence-corrected chi connectivity index (χ0v) is 13.1. The van der Waals surface area contributed by atoms with Crippen LogP contribution in [-0.4, -0.2) is 31.6 Å². The molecular formula is C13H17BrClNO2. The van der Waals surface area contributed by atoms with E-state index in [1.165, 1.54) is 0 Å². The second-order valence-electron chi connectivity index (χ2n) is 4.15. The van der Waals surface area contributed by atoms with E-state index in [0.29, 0.717) is 18.1 Å². The van der Waals surface area contributed by atoms with Gasteiger partial charge in [0, 0.05) is 15.5 Å². The second kappa shape index (κ2) is 7.12. The minimum atomic E-state index is -0.213. The lowest BCUT2D eigenvalue weighted by atomic mass is 10.0. The zero-order chi connectivity index (χ0) is 13.7. The van der Waals surface area contributed by atoms with E-state index in [1.807, 2.05) is 37.2 Å². The van der Waals surface area contributed by atoms with Crippen LogP contribution in [-0.2, 0) is 9.53 Å². The van der Waals surface area contributed by atoms with Crippen molar-refractivity contribution in [1.82, 2.24) is 4.90 Å². The van der Waals surface area contributed by atoms with Gasteiger partial charge in [0.1, 0.15) is 0 Å². The van der Waals surface area contributed by atoms with Crippen LogP contribution < -0.4 is 0 Å². The molecule has 0 radical (unpaired) electrons. The molecule has 18 heavy (non-hydrogen) atoms. The highest BCUT2D eigenvalue weighted by Crippen LogP contribution is 2.31. The van der Waals surface area contributed by atoms with Gasteiger partial charge in [0.25, 0.3) is 0 Å². The Bertz CT molecular complexity index is 423. The number of hydrogen-bond acceptors (Lipinski definition) is 3. The summed E-state index contributed by atoms with van der Waals surface area (Å²) < 4.78 is 5.91. The van der Waals surface area contributed by atoms with Gasteiger partial charge in [-0.15, -0.1) is 0 Å². The van der Waals surface area contributed by atoms with Gasteiger partial charge in [0.05, 0.1) is 13.0 Å². The van der Waals surface area contributed by atoms with Gasteiger partial charge in [-0.3, -0.25) is 4.79 Å². The molecule has 0 aliphatic heterocycles. The number of carbonyl (C=O) groups excluding carboxylic acids is 1. The molecule has 3 nitrogen and oxygen atoms in total. The van der Waals surface area contributed by atoms with Crippen LogP contribution in [0.25, 0.3) is 0 Å². The first-order valence-electron chi connectivity index (χ1n) is 5.72. The van der Waals surface area contributed by atoms with Gasteiger partial charge >= 0.3 is 5.97 Å². The number of esters is 1. The molecule has 0 bridgehead atoms. The first-order valence-corrected chi connectivity index (χ1v) is 6.89. The van der Waals surface area contributed by atoms with Crippen molar-refractivity contribution in [3.8, 4) is 0 Å². The number of nitrogens with zero attached hydrogens (tertiary/aromatic N) is 1. The summed E-state index contributed by atoms with van der Waals surface area (Å²) in [6.07, 6.45) is 0.294. The second-order valence-corrected chi connectivity index (χ2v) is 5.48. The van der Waals surface area contributed by atoms with Gasteiger partial charge in [0.15, 0.2) is 0 Å². The molecule has 0 amide bonds. The minimum absolute atomic E-state index is 0.0790. The molecule has 1 aromatic rings. The predicted octanol–water partition coefficient (Wildman–Crippen LogP) is 3.66. The van der Waals surface area contributed by atoms with Gasteiger partial charge in [-0.1, -0.05) is 33.6 Å². The van der Waals surface area contributed by atoms with Crippen molar-refractivity contribution in [1.29, 1.82) is 0 Å². The quantitative estimate of drug-likeness (QED) is 0.770. The van der Waals surface area contributed by atoms with Crippen LogP contribution >= 0.6 is 27.5 Å². The van der Waals surface area contributed by atoms with Gasteiger partial charge in [-0.05, 0) is 38.7 Å². The molecule has 0 aliphatic carbocycles. The third-order valence-electron chi connectivity index (χ3n) is 2.61. The van der Waals surface area contributed by atoms with E-state index in [1.54, 1.807) is 6.92 Å². The van der Waals surface area contributed by atoms with E-state index in [4.69, 9.17) is 16.3 Å². The summed E-state index contributed by atoms with van der Waals surface area (Å²) in [5.41, 5.74) is 0.929. The molecule has 5 heteroatoms. The Balaban J connectivity index is 2.94. The highest BCUT2D eigenvalue weighted by molar-refractivity contribution is 9.10. The Labute approximate surface area is 121 Å². The molecule has 0 aliphatic rings. The normalized spacial score (nSPS) is 12.6. The largest absolute Gasteiger partial charge is 0.466 e. The first kappa shape index (κ1) is 15.5. The fraction of sp³-hybridized carbons (Fsp3) is 0.462. The molecule has 0 heterocycles. The molecule has 1 aromatic carbocycles. The van der Waals surface area contributed by atoms with Crippen molar-refractivity contribution >= 4 is 33.5 Å². The van der Waals surface area contributed by atoms with Gasteiger partial charge in [-0.2, -0.15) is 0 Å². The van der Waals surface area contributed by atoms with Gasteiger partial charge < -0.3 is 9.64 Å². The molecular weight excluding hydrogens is 318 g/mol. The summed E-state index contributed by atoms with van der Waals surface area (Å²) in [7, 11) is 3.84. The van der Waals surface area contributed by atoms with Crippen molar-refractivity contribution in [3.63, 3.8) is 0 Å². The Hall–Kier alpha value is -0.580. The number of benzene rings is 1. The third-order valence-corrected chi connectivity index (χ3v) is 3.43. The van der Waals surface area contributed by atoms with Crippen molar-refractivity contribution in [2.45, 2.75) is 19.4 Å². The molecule has 0 aromatic heterocycles. The number of rotatable bonds is 5. The van der Waals surface area contributed by atoms with Crippen LogP contribution in [0, 0.1) is 0 Å². The molecule has 1 unspecified atom stereocenters. The molecule has 0 N–H and O–H groups in total. The van der Waals surface area contributed by atoms with Crippen LogP contribution in [0.15, 0.2) is 22.7 Å². The summed E-state index contributed by atoms with van der Waals surface area (Å²) in [6, 6.07) is 5.60. The number of carbonyl (C=O) groups is 1. The van der Waals surface area contributed by atoms with Gasteiger partial charge in [-0.25, -0.2) is 0 Å². The highest BCUT2D eigenvalue weighted by Gasteiger charge is 2.21. The standard InChI is InChI=1S/C13H17BrClNO2/c1-4-18-13(17)8-12(16(2)3)10-6-5-9(14)7-11(10)15/h5-7,12H,4,8H2,1-3H3. The monoisotopic (exact) mass is 333 g/mol. The smallest absolute Gasteiger partial charge is 0.307 e. The first-order chi connectivity index (χ1) is 8.45. The molecule has 1 atom stereocenters. The van der Waals surface area contributed by atoms with Crippen molar-refractivity contribution < 1.29 is 9.53 Å². The average molecular weight is 335 g/mol. The summed E-state index contributed by atoms with van der Waals surface area (Å²) in [5, 5.41) is 0.646. The van der Waals surface area contributed by atoms with Crippen LogP contribution in [0.4, 0.5) is 0 Å². The fourth-order valence-corrected chi connectivity index (χ4v) is 2.52. The van der Waals surface area contributed by atoms with Gasteiger partial charge in [0.2, 0.25) is 0 Å². The molecule has 0 fully saturated rings. The van der Waals surface area contributed by atoms with Crippen LogP contribution in [0.2, 0.25) is 5.02 Å². The topological polar surface area (TPSA) is 29.5 Å². The molecule has 100 valence electrons. The number of hydrogen-bond donors (Lipinski definition) is 0. The molecule has 0 saturated carbocycles. The number of ether oxygens (including phenoxy) is 1. The van der Waals surface area contributed by atoms with E-state index in [2.05, 4.69) is 15.9 Å². The van der Waals surface area contributed by atoms with E-state index < -0.39 is 0 Å².